The number of hydrogen-bond acceptors (Lipinski definition) is 5. The lowest BCUT2D eigenvalue weighted by Crippen LogP contribution is -2.49. The molecule has 0 radical (unpaired) electrons. The van der Waals surface area contributed by atoms with E-state index in [4.69, 9.17) is 0 Å². The Morgan fingerprint density at radius 2 is 1.84 bits per heavy atom. The molecule has 2 amide bonds. The molecule has 10 heteroatoms. The summed E-state index contributed by atoms with van der Waals surface area (Å²) in [6.45, 7) is 1.47. The van der Waals surface area contributed by atoms with Crippen LogP contribution in [0.3, 0.4) is 0 Å². The molecule has 2 rings (SSSR count). The number of amides is 2. The van der Waals surface area contributed by atoms with Gasteiger partial charge in [-0.05, 0) is 19.1 Å². The third kappa shape index (κ3) is 4.34. The molecule has 1 aromatic carbocycles. The summed E-state index contributed by atoms with van der Waals surface area (Å²) in [6.07, 6.45) is -6.45. The van der Waals surface area contributed by atoms with Gasteiger partial charge in [0.05, 0.1) is 6.42 Å². The maximum atomic E-state index is 13.3. The fourth-order valence-corrected chi connectivity index (χ4v) is 2.82. The van der Waals surface area contributed by atoms with Crippen LogP contribution in [-0.2, 0) is 10.4 Å². The van der Waals surface area contributed by atoms with Crippen molar-refractivity contribution in [3.63, 3.8) is 0 Å². The van der Waals surface area contributed by atoms with Gasteiger partial charge in [0.15, 0.2) is 0 Å². The Labute approximate surface area is 144 Å². The third-order valence-corrected chi connectivity index (χ3v) is 4.32. The first-order valence-electron chi connectivity index (χ1n) is 6.99. The number of aliphatic hydroxyl groups is 1. The number of aromatic nitrogens is 1. The maximum Gasteiger partial charge on any atom is 0.424 e. The Hall–Kier alpha value is -2.46. The standard InChI is InChI=1S/C15H14F3N3O3S/c1-9-8-25-13(19-9)14(24,15(16,17)18)7-11(22)20-21-12(23)10-5-3-2-4-6-10/h2-6,8,24H,7H2,1H3,(H,20,22)(H,21,23)/t14-/m0/s1. The van der Waals surface area contributed by atoms with Crippen molar-refractivity contribution < 1.29 is 27.9 Å². The Morgan fingerprint density at radius 1 is 1.20 bits per heavy atom. The van der Waals surface area contributed by atoms with E-state index in [1.807, 2.05) is 10.9 Å². The summed E-state index contributed by atoms with van der Waals surface area (Å²) < 4.78 is 39.8. The highest BCUT2D eigenvalue weighted by molar-refractivity contribution is 7.09. The van der Waals surface area contributed by atoms with Gasteiger partial charge in [0.1, 0.15) is 5.01 Å². The Balaban J connectivity index is 2.07. The van der Waals surface area contributed by atoms with Crippen LogP contribution < -0.4 is 10.9 Å². The lowest BCUT2D eigenvalue weighted by Gasteiger charge is -2.27. The quantitative estimate of drug-likeness (QED) is 0.716. The molecule has 25 heavy (non-hydrogen) atoms. The van der Waals surface area contributed by atoms with Crippen LogP contribution in [0, 0.1) is 6.92 Å². The number of hydrogen-bond donors (Lipinski definition) is 3. The van der Waals surface area contributed by atoms with Gasteiger partial charge in [0, 0.05) is 16.6 Å². The number of thiazole rings is 1. The van der Waals surface area contributed by atoms with Crippen molar-refractivity contribution in [2.75, 3.05) is 0 Å². The molecule has 0 saturated heterocycles. The summed E-state index contributed by atoms with van der Waals surface area (Å²) in [5, 5.41) is 10.7. The fraction of sp³-hybridized carbons (Fsp3) is 0.267. The van der Waals surface area contributed by atoms with Crippen LogP contribution in [-0.4, -0.2) is 28.1 Å². The molecule has 0 aliphatic carbocycles. The first-order chi connectivity index (χ1) is 11.6. The minimum Gasteiger partial charge on any atom is -0.374 e. The summed E-state index contributed by atoms with van der Waals surface area (Å²) in [5.41, 5.74) is 0.927. The van der Waals surface area contributed by atoms with E-state index in [0.29, 0.717) is 17.0 Å². The SMILES string of the molecule is Cc1csc([C@@](O)(CC(=O)NNC(=O)c2ccccc2)C(F)(F)F)n1. The number of rotatable bonds is 4. The molecule has 134 valence electrons. The molecule has 0 unspecified atom stereocenters. The largest absolute Gasteiger partial charge is 0.424 e. The summed E-state index contributed by atoms with van der Waals surface area (Å²) in [5.74, 6) is -1.91. The number of hydrazine groups is 1. The van der Waals surface area contributed by atoms with Crippen molar-refractivity contribution in [3.05, 3.63) is 52.0 Å². The molecule has 2 aromatic rings. The highest BCUT2D eigenvalue weighted by Gasteiger charge is 2.58. The number of aryl methyl sites for hydroxylation is 1. The van der Waals surface area contributed by atoms with Gasteiger partial charge in [-0.1, -0.05) is 18.2 Å². The van der Waals surface area contributed by atoms with E-state index in [9.17, 15) is 27.9 Å². The summed E-state index contributed by atoms with van der Waals surface area (Å²) in [4.78, 5) is 27.2. The fourth-order valence-electron chi connectivity index (χ4n) is 1.91. The van der Waals surface area contributed by atoms with Crippen molar-refractivity contribution in [1.82, 2.24) is 15.8 Å². The Kier molecular flexibility index (Phi) is 5.43. The molecular formula is C15H14F3N3O3S. The van der Waals surface area contributed by atoms with E-state index in [1.54, 1.807) is 18.2 Å². The number of benzene rings is 1. The third-order valence-electron chi connectivity index (χ3n) is 3.21. The first-order valence-corrected chi connectivity index (χ1v) is 7.87. The molecule has 3 N–H and O–H groups in total. The van der Waals surface area contributed by atoms with Crippen LogP contribution in [0.25, 0.3) is 0 Å². The average Bonchev–Trinajstić information content (AvgIpc) is 2.99. The van der Waals surface area contributed by atoms with Crippen LogP contribution in [0.15, 0.2) is 35.7 Å². The van der Waals surface area contributed by atoms with Crippen LogP contribution in [0.1, 0.15) is 27.5 Å². The van der Waals surface area contributed by atoms with Crippen molar-refractivity contribution in [1.29, 1.82) is 0 Å². The smallest absolute Gasteiger partial charge is 0.374 e. The van der Waals surface area contributed by atoms with Gasteiger partial charge in [-0.25, -0.2) is 4.98 Å². The second-order valence-corrected chi connectivity index (χ2v) is 6.06. The molecule has 1 atom stereocenters. The van der Waals surface area contributed by atoms with Gasteiger partial charge in [-0.15, -0.1) is 11.3 Å². The van der Waals surface area contributed by atoms with Gasteiger partial charge >= 0.3 is 6.18 Å². The number of alkyl halides is 3. The van der Waals surface area contributed by atoms with E-state index < -0.39 is 35.0 Å². The highest BCUT2D eigenvalue weighted by atomic mass is 32.1. The van der Waals surface area contributed by atoms with Gasteiger partial charge < -0.3 is 5.11 Å². The number of halogens is 3. The lowest BCUT2D eigenvalue weighted by molar-refractivity contribution is -0.267. The van der Waals surface area contributed by atoms with Crippen molar-refractivity contribution >= 4 is 23.2 Å². The summed E-state index contributed by atoms with van der Waals surface area (Å²) >= 11 is 0.598. The van der Waals surface area contributed by atoms with Crippen LogP contribution in [0.5, 0.6) is 0 Å². The van der Waals surface area contributed by atoms with E-state index in [-0.39, 0.29) is 5.56 Å². The molecular weight excluding hydrogens is 359 g/mol. The number of carbonyl (C=O) groups excluding carboxylic acids is 2. The second-order valence-electron chi connectivity index (χ2n) is 5.20. The Morgan fingerprint density at radius 3 is 2.36 bits per heavy atom. The van der Waals surface area contributed by atoms with Crippen LogP contribution in [0.4, 0.5) is 13.2 Å². The number of nitrogens with one attached hydrogen (secondary N) is 2. The zero-order valence-corrected chi connectivity index (χ0v) is 13.7. The summed E-state index contributed by atoms with van der Waals surface area (Å²) in [6, 6.07) is 7.78. The average molecular weight is 373 g/mol. The van der Waals surface area contributed by atoms with Crippen molar-refractivity contribution in [3.8, 4) is 0 Å². The molecule has 0 bridgehead atoms. The molecule has 0 aliphatic rings. The van der Waals surface area contributed by atoms with Crippen LogP contribution in [0.2, 0.25) is 0 Å². The number of nitrogens with zero attached hydrogens (tertiary/aromatic N) is 1. The van der Waals surface area contributed by atoms with E-state index in [0.717, 1.165) is 0 Å². The predicted molar refractivity (Wildman–Crippen MR) is 83.5 cm³/mol. The van der Waals surface area contributed by atoms with E-state index in [1.165, 1.54) is 24.4 Å². The molecule has 1 aromatic heterocycles. The molecule has 0 fully saturated rings. The van der Waals surface area contributed by atoms with E-state index in [2.05, 4.69) is 4.98 Å². The van der Waals surface area contributed by atoms with Gasteiger partial charge in [-0.3, -0.25) is 20.4 Å². The van der Waals surface area contributed by atoms with Crippen LogP contribution >= 0.6 is 11.3 Å². The lowest BCUT2D eigenvalue weighted by atomic mass is 9.99. The van der Waals surface area contributed by atoms with Gasteiger partial charge in [-0.2, -0.15) is 13.2 Å². The monoisotopic (exact) mass is 373 g/mol. The van der Waals surface area contributed by atoms with Gasteiger partial charge in [0.2, 0.25) is 11.5 Å². The highest BCUT2D eigenvalue weighted by Crippen LogP contribution is 2.42. The first kappa shape index (κ1) is 18.9. The zero-order valence-electron chi connectivity index (χ0n) is 12.9. The number of carbonyl (C=O) groups is 2. The zero-order chi connectivity index (χ0) is 18.7. The molecule has 6 nitrogen and oxygen atoms in total. The van der Waals surface area contributed by atoms with E-state index >= 15 is 0 Å². The molecule has 1 heterocycles. The predicted octanol–water partition coefficient (Wildman–Crippen LogP) is 2.05. The van der Waals surface area contributed by atoms with Gasteiger partial charge in [0.25, 0.3) is 5.91 Å². The maximum absolute atomic E-state index is 13.3. The topological polar surface area (TPSA) is 91.3 Å². The molecule has 0 spiro atoms. The summed E-state index contributed by atoms with van der Waals surface area (Å²) in [7, 11) is 0. The second kappa shape index (κ2) is 7.19. The Bertz CT molecular complexity index is 764. The van der Waals surface area contributed by atoms with Crippen molar-refractivity contribution in [2.24, 2.45) is 0 Å². The molecule has 0 aliphatic heterocycles. The normalized spacial score (nSPS) is 13.8. The minimum absolute atomic E-state index is 0.212. The van der Waals surface area contributed by atoms with Crippen molar-refractivity contribution in [2.45, 2.75) is 25.1 Å². The minimum atomic E-state index is -5.11. The molecule has 0 saturated carbocycles.